The van der Waals surface area contributed by atoms with Gasteiger partial charge in [0.25, 0.3) is 0 Å². The van der Waals surface area contributed by atoms with Gasteiger partial charge in [0.05, 0.1) is 0 Å². The zero-order valence-electron chi connectivity index (χ0n) is 37.4. The van der Waals surface area contributed by atoms with Crippen molar-refractivity contribution in [3.05, 3.63) is 203 Å². The Morgan fingerprint density at radius 2 is 0.836 bits per heavy atom. The van der Waals surface area contributed by atoms with E-state index in [1.54, 1.807) is 86.6 Å². The quantitative estimate of drug-likeness (QED) is 0.0594. The van der Waals surface area contributed by atoms with E-state index in [9.17, 15) is 31.4 Å². The minimum Gasteiger partial charge on any atom is -0.870 e. The van der Waals surface area contributed by atoms with Gasteiger partial charge in [0.2, 0.25) is 0 Å². The molecule has 5 nitrogen and oxygen atoms in total. The second-order valence-electron chi connectivity index (χ2n) is 15.2. The van der Waals surface area contributed by atoms with Crippen LogP contribution in [0, 0.1) is 11.8 Å². The average Bonchev–Trinajstić information content (AvgIpc) is 3.25. The van der Waals surface area contributed by atoms with Gasteiger partial charge in [-0.3, -0.25) is 0 Å². The maximum Gasteiger partial charge on any atom is 1.00 e. The summed E-state index contributed by atoms with van der Waals surface area (Å²) in [5, 5.41) is 9.46. The molecule has 15 heteroatoms. The van der Waals surface area contributed by atoms with E-state index in [4.69, 9.17) is 9.47 Å². The molecular weight excluding hydrogens is 915 g/mol. The Morgan fingerprint density at radius 3 is 1.18 bits per heavy atom. The molecule has 6 aromatic rings. The first-order chi connectivity index (χ1) is 31.0. The molecule has 0 fully saturated rings. The van der Waals surface area contributed by atoms with E-state index in [-0.39, 0.29) is 71.2 Å². The fourth-order valence-corrected chi connectivity index (χ4v) is 6.74. The number of hydrogen-bond acceptors (Lipinski definition) is 5. The van der Waals surface area contributed by atoms with Gasteiger partial charge in [-0.2, -0.15) is 17.6 Å². The predicted molar refractivity (Wildman–Crippen MR) is 242 cm³/mol. The first kappa shape index (κ1) is 57.8. The molecule has 2 atom stereocenters. The van der Waals surface area contributed by atoms with Gasteiger partial charge in [-0.05, 0) is 107 Å². The fraction of sp³-hybridized carbons (Fsp3) is 0.231. The number of alkyl halides is 5. The second kappa shape index (κ2) is 29.4. The minimum atomic E-state index is -2.95. The van der Waals surface area contributed by atoms with Gasteiger partial charge in [-0.25, -0.2) is 17.6 Å². The number of rotatable bonds is 16. The van der Waals surface area contributed by atoms with Crippen molar-refractivity contribution in [2.24, 2.45) is 11.8 Å². The van der Waals surface area contributed by atoms with Crippen LogP contribution in [0.25, 0.3) is 0 Å². The molecule has 0 aromatic heterocycles. The van der Waals surface area contributed by atoms with Crippen LogP contribution in [-0.2, 0) is 12.8 Å². The number of ether oxygens (including phenoxy) is 3. The summed E-state index contributed by atoms with van der Waals surface area (Å²) in [5.74, 6) is -5.50. The maximum absolute atomic E-state index is 15.2. The van der Waals surface area contributed by atoms with E-state index in [0.29, 0.717) is 45.3 Å². The average molecular weight is 965 g/mol. The molecular formula is C52H50ClF8NaO5. The third kappa shape index (κ3) is 19.8. The molecule has 2 unspecified atom stereocenters. The van der Waals surface area contributed by atoms with Crippen LogP contribution in [0.3, 0.4) is 0 Å². The molecule has 0 aliphatic rings. The first-order valence-electron chi connectivity index (χ1n) is 20.5. The van der Waals surface area contributed by atoms with E-state index in [0.717, 1.165) is 0 Å². The van der Waals surface area contributed by atoms with Crippen molar-refractivity contribution in [3.63, 3.8) is 0 Å². The van der Waals surface area contributed by atoms with Crippen LogP contribution in [0.2, 0.25) is 0 Å². The Kier molecular flexibility index (Phi) is 25.4. The molecule has 0 saturated carbocycles. The molecule has 0 aliphatic heterocycles. The van der Waals surface area contributed by atoms with E-state index in [1.807, 2.05) is 62.4 Å². The Labute approximate surface area is 413 Å². The molecule has 6 rings (SSSR count). The fourth-order valence-electron chi connectivity index (χ4n) is 6.74. The van der Waals surface area contributed by atoms with E-state index in [1.165, 1.54) is 36.4 Å². The Morgan fingerprint density at radius 1 is 0.493 bits per heavy atom. The summed E-state index contributed by atoms with van der Waals surface area (Å²) in [6, 6.07) is 44.1. The zero-order valence-corrected chi connectivity index (χ0v) is 40.2. The smallest absolute Gasteiger partial charge is 0.870 e. The van der Waals surface area contributed by atoms with Crippen molar-refractivity contribution in [1.82, 2.24) is 0 Å². The van der Waals surface area contributed by atoms with Gasteiger partial charge >= 0.3 is 42.1 Å². The molecule has 0 aliphatic carbocycles. The summed E-state index contributed by atoms with van der Waals surface area (Å²) < 4.78 is 121. The van der Waals surface area contributed by atoms with Crippen LogP contribution in [0.15, 0.2) is 181 Å². The summed E-state index contributed by atoms with van der Waals surface area (Å²) in [7, 11) is 0. The largest absolute Gasteiger partial charge is 1.00 e. The molecule has 67 heavy (non-hydrogen) atoms. The van der Waals surface area contributed by atoms with Crippen molar-refractivity contribution >= 4 is 11.6 Å². The molecule has 0 spiro atoms. The van der Waals surface area contributed by atoms with Gasteiger partial charge in [-0.1, -0.05) is 124 Å². The SMILES string of the molecule is CC(C)C(/C(F)=C(\F)Cc1cccc(Oc2ccccc2)c1)c1ccc(O)cc1.CC(C)C(/C(F)=C(\F)Cc1cccc(Oc2ccccc2)c1)c1ccc(OC(F)F)cc1.FC(F)Cl.[Na+].[OH-]. The molecule has 0 saturated heterocycles. The van der Waals surface area contributed by atoms with Crippen molar-refractivity contribution in [2.75, 3.05) is 0 Å². The van der Waals surface area contributed by atoms with Crippen molar-refractivity contribution in [3.8, 4) is 34.5 Å². The van der Waals surface area contributed by atoms with Crippen molar-refractivity contribution < 1.29 is 89.5 Å². The molecule has 0 heterocycles. The second-order valence-corrected chi connectivity index (χ2v) is 15.5. The molecule has 0 radical (unpaired) electrons. The maximum atomic E-state index is 15.2. The third-order valence-corrected chi connectivity index (χ3v) is 9.59. The molecule has 0 bridgehead atoms. The number of allylic oxidation sites excluding steroid dienone is 4. The van der Waals surface area contributed by atoms with Crippen LogP contribution >= 0.6 is 11.6 Å². The van der Waals surface area contributed by atoms with Gasteiger partial charge in [0.1, 0.15) is 57.8 Å². The number of halogens is 9. The van der Waals surface area contributed by atoms with Gasteiger partial charge in [-0.15, -0.1) is 0 Å². The number of phenols is 1. The Bertz CT molecular complexity index is 2400. The Hall–Kier alpha value is -5.31. The number of benzene rings is 6. The van der Waals surface area contributed by atoms with E-state index in [2.05, 4.69) is 16.3 Å². The monoisotopic (exact) mass is 964 g/mol. The summed E-state index contributed by atoms with van der Waals surface area (Å²) >= 11 is 3.94. The van der Waals surface area contributed by atoms with E-state index >= 15 is 8.78 Å². The summed E-state index contributed by atoms with van der Waals surface area (Å²) in [5.41, 5.74) is 2.30. The van der Waals surface area contributed by atoms with Crippen LogP contribution in [0.1, 0.15) is 61.8 Å². The van der Waals surface area contributed by atoms with Crippen LogP contribution in [0.4, 0.5) is 35.1 Å². The van der Waals surface area contributed by atoms with Crippen molar-refractivity contribution in [2.45, 2.75) is 64.9 Å². The predicted octanol–water partition coefficient (Wildman–Crippen LogP) is 13.8. The first-order valence-corrected chi connectivity index (χ1v) is 20.9. The van der Waals surface area contributed by atoms with Gasteiger partial charge in [0.15, 0.2) is 0 Å². The van der Waals surface area contributed by atoms with Crippen LogP contribution in [-0.4, -0.2) is 23.1 Å². The summed E-state index contributed by atoms with van der Waals surface area (Å²) in [4.78, 5) is 0. The molecule has 352 valence electrons. The van der Waals surface area contributed by atoms with E-state index < -0.39 is 47.6 Å². The topological polar surface area (TPSA) is 77.9 Å². The zero-order chi connectivity index (χ0) is 47.5. The van der Waals surface area contributed by atoms with Gasteiger partial charge < -0.3 is 24.8 Å². The molecule has 2 N–H and O–H groups in total. The van der Waals surface area contributed by atoms with Crippen LogP contribution < -0.4 is 43.8 Å². The minimum absolute atomic E-state index is 0. The summed E-state index contributed by atoms with van der Waals surface area (Å²) in [6.07, 6.45) is -0.382. The van der Waals surface area contributed by atoms with Crippen LogP contribution in [0.5, 0.6) is 34.5 Å². The van der Waals surface area contributed by atoms with Crippen molar-refractivity contribution in [1.29, 1.82) is 0 Å². The van der Waals surface area contributed by atoms with Gasteiger partial charge in [0, 0.05) is 24.7 Å². The Balaban J connectivity index is 0.000000416. The third-order valence-electron chi connectivity index (χ3n) is 9.59. The normalized spacial score (nSPS) is 12.5. The molecule has 0 amide bonds. The number of para-hydroxylation sites is 2. The standard InChI is InChI=1S/C26H24F4O2.C25H24F2O2.CHClF2.Na.H2O/c1-17(2)24(19-11-13-21(14-12-19)32-26(29)30)25(28)23(27)16-18-7-6-10-22(15-18)31-20-8-4-3-5-9-20;1-17(2)24(19-11-13-20(28)14-12-19)25(27)23(26)16-18-7-6-10-22(15-18)29-21-8-4-3-5-9-21;2-1(3)4;;/h3-15,17,24,26H,16H2,1-2H3;3-15,17,24,28H,16H2,1-2H3;1H;;1H2/q;;;+1;/p-1/b2*25-23+;;;. The number of hydrogen-bond donors (Lipinski definition) is 1. The molecule has 6 aromatic carbocycles. The summed E-state index contributed by atoms with van der Waals surface area (Å²) in [6.45, 7) is 4.29. The number of phenolic OH excluding ortho intramolecular Hbond substituents is 1. The number of aromatic hydroxyl groups is 1.